The second-order valence-electron chi connectivity index (χ2n) is 13.4. The van der Waals surface area contributed by atoms with Gasteiger partial charge in [0.2, 0.25) is 5.95 Å². The summed E-state index contributed by atoms with van der Waals surface area (Å²) < 4.78 is 6.67. The third kappa shape index (κ3) is 4.73. The molecule has 0 fully saturated rings. The number of fused-ring (bicyclic) bond motifs is 7. The smallest absolute Gasteiger partial charge is 0.234 e. The summed E-state index contributed by atoms with van der Waals surface area (Å²) in [7, 11) is 0. The Bertz CT molecular complexity index is 2680. The van der Waals surface area contributed by atoms with E-state index in [1.807, 2.05) is 36.4 Å². The SMILES string of the molecule is CC12C=CC=CC1c1ccc3c(oc4ccccc43)c1N2c1nc(-c2ccccc2)nc(-c2cccc(-c3cccc(-c4ccccc4)c3)c2)n1. The van der Waals surface area contributed by atoms with Crippen LogP contribution < -0.4 is 4.90 Å². The Hall–Kier alpha value is -6.59. The highest BCUT2D eigenvalue weighted by atomic mass is 16.3. The van der Waals surface area contributed by atoms with E-state index in [-0.39, 0.29) is 5.92 Å². The molecular weight excluding hydrogens is 625 g/mol. The quantitative estimate of drug-likeness (QED) is 0.184. The summed E-state index contributed by atoms with van der Waals surface area (Å²) in [6, 6.07) is 50.5. The molecule has 2 unspecified atom stereocenters. The summed E-state index contributed by atoms with van der Waals surface area (Å²) in [5, 5.41) is 2.17. The lowest BCUT2D eigenvalue weighted by atomic mass is 9.80. The second-order valence-corrected chi connectivity index (χ2v) is 13.4. The molecule has 1 aliphatic heterocycles. The van der Waals surface area contributed by atoms with Gasteiger partial charge in [-0.3, -0.25) is 4.90 Å². The van der Waals surface area contributed by atoms with E-state index in [1.54, 1.807) is 0 Å². The first-order valence-electron chi connectivity index (χ1n) is 17.3. The first-order chi connectivity index (χ1) is 25.1. The maximum Gasteiger partial charge on any atom is 0.234 e. The molecule has 0 spiro atoms. The lowest BCUT2D eigenvalue weighted by molar-refractivity contribution is 0.533. The van der Waals surface area contributed by atoms with Crippen molar-refractivity contribution in [2.75, 3.05) is 4.90 Å². The van der Waals surface area contributed by atoms with E-state index in [1.165, 1.54) is 16.7 Å². The molecule has 51 heavy (non-hydrogen) atoms. The minimum absolute atomic E-state index is 0.0794. The number of nitrogens with zero attached hydrogens (tertiary/aromatic N) is 4. The normalized spacial score (nSPS) is 17.6. The molecule has 0 saturated heterocycles. The lowest BCUT2D eigenvalue weighted by Gasteiger charge is -2.37. The van der Waals surface area contributed by atoms with Crippen molar-refractivity contribution in [3.05, 3.63) is 175 Å². The number of hydrogen-bond donors (Lipinski definition) is 0. The first-order valence-corrected chi connectivity index (χ1v) is 17.3. The zero-order valence-corrected chi connectivity index (χ0v) is 27.9. The molecule has 0 amide bonds. The largest absolute Gasteiger partial charge is 0.454 e. The van der Waals surface area contributed by atoms with Gasteiger partial charge < -0.3 is 4.42 Å². The van der Waals surface area contributed by atoms with Crippen LogP contribution in [0.15, 0.2) is 174 Å². The molecule has 2 aliphatic rings. The summed E-state index contributed by atoms with van der Waals surface area (Å²) in [4.78, 5) is 17.9. The Morgan fingerprint density at radius 3 is 1.92 bits per heavy atom. The molecule has 10 rings (SSSR count). The van der Waals surface area contributed by atoms with Gasteiger partial charge in [0.15, 0.2) is 17.2 Å². The van der Waals surface area contributed by atoms with Crippen molar-refractivity contribution < 1.29 is 4.42 Å². The zero-order chi connectivity index (χ0) is 33.9. The highest BCUT2D eigenvalue weighted by molar-refractivity contribution is 6.11. The average molecular weight is 657 g/mol. The van der Waals surface area contributed by atoms with Gasteiger partial charge in [-0.15, -0.1) is 0 Å². The van der Waals surface area contributed by atoms with E-state index >= 15 is 0 Å². The number of anilines is 2. The molecule has 5 nitrogen and oxygen atoms in total. The number of rotatable bonds is 5. The van der Waals surface area contributed by atoms with Crippen LogP contribution in [0.5, 0.6) is 0 Å². The van der Waals surface area contributed by atoms with E-state index in [4.69, 9.17) is 19.4 Å². The van der Waals surface area contributed by atoms with E-state index in [2.05, 4.69) is 145 Å². The number of benzene rings is 6. The molecule has 0 saturated carbocycles. The molecule has 8 aromatic rings. The van der Waals surface area contributed by atoms with E-state index in [0.29, 0.717) is 17.6 Å². The first kappa shape index (κ1) is 29.3. The standard InChI is InChI=1S/C46H32N4O/c1-46-27-11-10-23-39(46)38-26-25-37-36-22-8-9-24-40(36)51-42(37)41(38)50(46)45-48-43(31-16-6-3-7-17-31)47-44(49-45)35-21-13-20-34(29-35)33-19-12-18-32(28-33)30-14-4-2-5-15-30/h2-29,39H,1H3. The fourth-order valence-electron chi connectivity index (χ4n) is 7.84. The predicted octanol–water partition coefficient (Wildman–Crippen LogP) is 11.6. The Morgan fingerprint density at radius 2 is 1.16 bits per heavy atom. The molecule has 6 aromatic carbocycles. The van der Waals surface area contributed by atoms with Crippen LogP contribution >= 0.6 is 0 Å². The van der Waals surface area contributed by atoms with Gasteiger partial charge in [-0.25, -0.2) is 4.98 Å². The minimum Gasteiger partial charge on any atom is -0.454 e. The van der Waals surface area contributed by atoms with Crippen LogP contribution in [-0.4, -0.2) is 20.5 Å². The van der Waals surface area contributed by atoms with Crippen molar-refractivity contribution in [3.63, 3.8) is 0 Å². The summed E-state index contributed by atoms with van der Waals surface area (Å²) >= 11 is 0. The minimum atomic E-state index is -0.476. The summed E-state index contributed by atoms with van der Waals surface area (Å²) in [6.07, 6.45) is 8.80. The monoisotopic (exact) mass is 656 g/mol. The van der Waals surface area contributed by atoms with E-state index in [0.717, 1.165) is 49.9 Å². The van der Waals surface area contributed by atoms with Crippen LogP contribution in [-0.2, 0) is 0 Å². The highest BCUT2D eigenvalue weighted by Crippen LogP contribution is 2.56. The molecule has 5 heteroatoms. The van der Waals surface area contributed by atoms with Gasteiger partial charge in [0.25, 0.3) is 0 Å². The van der Waals surface area contributed by atoms with Crippen molar-refractivity contribution in [2.24, 2.45) is 0 Å². The fraction of sp³-hybridized carbons (Fsp3) is 0.0652. The zero-order valence-electron chi connectivity index (χ0n) is 27.9. The van der Waals surface area contributed by atoms with Crippen molar-refractivity contribution in [1.29, 1.82) is 0 Å². The van der Waals surface area contributed by atoms with Gasteiger partial charge in [0, 0.05) is 27.8 Å². The van der Waals surface area contributed by atoms with Crippen molar-refractivity contribution in [3.8, 4) is 45.0 Å². The molecule has 1 aliphatic carbocycles. The molecule has 3 heterocycles. The van der Waals surface area contributed by atoms with Gasteiger partial charge in [-0.05, 0) is 52.9 Å². The number of aromatic nitrogens is 3. The third-order valence-corrected chi connectivity index (χ3v) is 10.3. The van der Waals surface area contributed by atoms with Gasteiger partial charge >= 0.3 is 0 Å². The van der Waals surface area contributed by atoms with Crippen molar-refractivity contribution in [1.82, 2.24) is 15.0 Å². The van der Waals surface area contributed by atoms with Gasteiger partial charge in [-0.1, -0.05) is 152 Å². The number of hydrogen-bond acceptors (Lipinski definition) is 5. The van der Waals surface area contributed by atoms with Crippen LogP contribution in [0.4, 0.5) is 11.6 Å². The molecule has 0 N–H and O–H groups in total. The van der Waals surface area contributed by atoms with Crippen LogP contribution in [0, 0.1) is 0 Å². The molecule has 242 valence electrons. The fourth-order valence-corrected chi connectivity index (χ4v) is 7.84. The molecule has 2 aromatic heterocycles. The van der Waals surface area contributed by atoms with Gasteiger partial charge in [0.1, 0.15) is 5.58 Å². The Kier molecular flexibility index (Phi) is 6.61. The maximum absolute atomic E-state index is 6.67. The van der Waals surface area contributed by atoms with Crippen LogP contribution in [0.25, 0.3) is 67.0 Å². The van der Waals surface area contributed by atoms with Crippen molar-refractivity contribution in [2.45, 2.75) is 18.4 Å². The van der Waals surface area contributed by atoms with Gasteiger partial charge in [0.05, 0.1) is 11.2 Å². The molecular formula is C46H32N4O. The number of furan rings is 1. The molecule has 2 atom stereocenters. The van der Waals surface area contributed by atoms with Crippen molar-refractivity contribution >= 4 is 33.6 Å². The predicted molar refractivity (Wildman–Crippen MR) is 207 cm³/mol. The van der Waals surface area contributed by atoms with E-state index in [9.17, 15) is 0 Å². The highest BCUT2D eigenvalue weighted by Gasteiger charge is 2.50. The van der Waals surface area contributed by atoms with E-state index < -0.39 is 5.54 Å². The van der Waals surface area contributed by atoms with Crippen LogP contribution in [0.1, 0.15) is 18.4 Å². The maximum atomic E-state index is 6.67. The molecule has 0 radical (unpaired) electrons. The second kappa shape index (κ2) is 11.5. The Labute approximate surface area is 295 Å². The van der Waals surface area contributed by atoms with Gasteiger partial charge in [-0.2, -0.15) is 9.97 Å². The topological polar surface area (TPSA) is 55.1 Å². The van der Waals surface area contributed by atoms with Crippen LogP contribution in [0.3, 0.4) is 0 Å². The Balaban J connectivity index is 1.17. The summed E-state index contributed by atoms with van der Waals surface area (Å²) in [5.74, 6) is 1.89. The summed E-state index contributed by atoms with van der Waals surface area (Å²) in [5.41, 5.74) is 9.84. The lowest BCUT2D eigenvalue weighted by Crippen LogP contribution is -2.43. The summed E-state index contributed by atoms with van der Waals surface area (Å²) in [6.45, 7) is 2.26. The Morgan fingerprint density at radius 1 is 0.549 bits per heavy atom. The average Bonchev–Trinajstić information content (AvgIpc) is 3.71. The third-order valence-electron chi connectivity index (χ3n) is 10.3. The molecule has 0 bridgehead atoms. The number of para-hydroxylation sites is 1. The number of allylic oxidation sites excluding steroid dienone is 2. The van der Waals surface area contributed by atoms with Crippen LogP contribution in [0.2, 0.25) is 0 Å².